The van der Waals surface area contributed by atoms with Gasteiger partial charge in [-0.3, -0.25) is 14.5 Å². The summed E-state index contributed by atoms with van der Waals surface area (Å²) in [4.78, 5) is 43.7. The summed E-state index contributed by atoms with van der Waals surface area (Å²) < 4.78 is 10.9. The molecule has 4 amide bonds. The van der Waals surface area contributed by atoms with Gasteiger partial charge in [-0.15, -0.1) is 0 Å². The summed E-state index contributed by atoms with van der Waals surface area (Å²) >= 11 is 1.22. The lowest BCUT2D eigenvalue weighted by Crippen LogP contribution is -2.44. The Hall–Kier alpha value is -3.40. The van der Waals surface area contributed by atoms with E-state index < -0.39 is 17.5 Å². The van der Waals surface area contributed by atoms with E-state index in [1.807, 2.05) is 0 Å². The molecule has 0 bridgehead atoms. The highest BCUT2D eigenvalue weighted by atomic mass is 32.1. The number of nitrogens with one attached hydrogen (secondary N) is 2. The Labute approximate surface area is 175 Å². The van der Waals surface area contributed by atoms with E-state index in [0.29, 0.717) is 40.1 Å². The van der Waals surface area contributed by atoms with Crippen LogP contribution in [0.1, 0.15) is 25.7 Å². The van der Waals surface area contributed by atoms with Crippen LogP contribution < -0.4 is 10.6 Å². The maximum Gasteiger partial charge on any atom is 0.325 e. The fraction of sp³-hybridized carbons (Fsp3) is 0.300. The SMILES string of the molecule is O=C(CN1C(=O)NC2(CCCC2)C1=O)Nc1nc(-c2ccco2)c(-c2ccco2)s1. The van der Waals surface area contributed by atoms with Gasteiger partial charge in [0.05, 0.1) is 12.5 Å². The first-order valence-corrected chi connectivity index (χ1v) is 10.4. The zero-order chi connectivity index (χ0) is 20.7. The molecule has 0 unspecified atom stereocenters. The van der Waals surface area contributed by atoms with Gasteiger partial charge in [0.1, 0.15) is 28.4 Å². The molecule has 3 aromatic heterocycles. The van der Waals surface area contributed by atoms with Crippen LogP contribution in [0.15, 0.2) is 45.6 Å². The number of imide groups is 1. The molecule has 2 N–H and O–H groups in total. The molecule has 2 fully saturated rings. The number of furan rings is 2. The zero-order valence-electron chi connectivity index (χ0n) is 15.8. The van der Waals surface area contributed by atoms with Crippen LogP contribution in [0.3, 0.4) is 0 Å². The van der Waals surface area contributed by atoms with Crippen LogP contribution in [-0.2, 0) is 9.59 Å². The number of hydrogen-bond donors (Lipinski definition) is 2. The first-order valence-electron chi connectivity index (χ1n) is 9.58. The average molecular weight is 426 g/mol. The van der Waals surface area contributed by atoms with Gasteiger partial charge in [0.2, 0.25) is 5.91 Å². The second-order valence-corrected chi connectivity index (χ2v) is 8.31. The van der Waals surface area contributed by atoms with E-state index in [2.05, 4.69) is 15.6 Å². The Morgan fingerprint density at radius 2 is 1.87 bits per heavy atom. The molecular weight excluding hydrogens is 408 g/mol. The molecule has 30 heavy (non-hydrogen) atoms. The fourth-order valence-electron chi connectivity index (χ4n) is 3.97. The molecule has 5 rings (SSSR count). The van der Waals surface area contributed by atoms with E-state index in [4.69, 9.17) is 8.83 Å². The Kier molecular flexibility index (Phi) is 4.43. The van der Waals surface area contributed by atoms with Gasteiger partial charge in [0, 0.05) is 0 Å². The van der Waals surface area contributed by atoms with Gasteiger partial charge in [-0.25, -0.2) is 9.78 Å². The molecule has 1 saturated heterocycles. The molecule has 1 aliphatic carbocycles. The van der Waals surface area contributed by atoms with Gasteiger partial charge in [0.25, 0.3) is 5.91 Å². The van der Waals surface area contributed by atoms with Crippen LogP contribution in [-0.4, -0.2) is 39.8 Å². The predicted molar refractivity (Wildman–Crippen MR) is 108 cm³/mol. The molecule has 9 nitrogen and oxygen atoms in total. The second-order valence-electron chi connectivity index (χ2n) is 7.31. The number of rotatable bonds is 5. The Balaban J connectivity index is 1.35. The van der Waals surface area contributed by atoms with Gasteiger partial charge in [0.15, 0.2) is 10.9 Å². The van der Waals surface area contributed by atoms with Crippen molar-refractivity contribution in [2.24, 2.45) is 0 Å². The van der Waals surface area contributed by atoms with E-state index in [-0.39, 0.29) is 12.5 Å². The van der Waals surface area contributed by atoms with Gasteiger partial charge in [-0.05, 0) is 37.1 Å². The number of carbonyl (C=O) groups excluding carboxylic acids is 3. The molecule has 10 heteroatoms. The summed E-state index contributed by atoms with van der Waals surface area (Å²) in [6.45, 7) is -0.363. The Morgan fingerprint density at radius 3 is 2.53 bits per heavy atom. The van der Waals surface area contributed by atoms with Crippen molar-refractivity contribution < 1.29 is 23.2 Å². The molecule has 0 aromatic carbocycles. The quantitative estimate of drug-likeness (QED) is 0.603. The van der Waals surface area contributed by atoms with E-state index in [1.165, 1.54) is 17.6 Å². The minimum atomic E-state index is -0.836. The summed E-state index contributed by atoms with van der Waals surface area (Å²) in [6, 6.07) is 6.54. The van der Waals surface area contributed by atoms with Crippen molar-refractivity contribution in [2.45, 2.75) is 31.2 Å². The number of amides is 4. The molecule has 0 atom stereocenters. The van der Waals surface area contributed by atoms with Gasteiger partial charge in [-0.1, -0.05) is 24.2 Å². The number of thiazole rings is 1. The number of nitrogens with zero attached hydrogens (tertiary/aromatic N) is 2. The monoisotopic (exact) mass is 426 g/mol. The lowest BCUT2D eigenvalue weighted by Gasteiger charge is -2.19. The van der Waals surface area contributed by atoms with E-state index >= 15 is 0 Å². The summed E-state index contributed by atoms with van der Waals surface area (Å²) in [5.41, 5.74) is -0.299. The predicted octanol–water partition coefficient (Wildman–Crippen LogP) is 3.47. The third-order valence-corrected chi connectivity index (χ3v) is 6.36. The number of anilines is 1. The third-order valence-electron chi connectivity index (χ3n) is 5.38. The first kappa shape index (κ1) is 18.6. The molecule has 0 radical (unpaired) electrons. The highest BCUT2D eigenvalue weighted by molar-refractivity contribution is 7.19. The lowest BCUT2D eigenvalue weighted by atomic mass is 9.98. The second kappa shape index (κ2) is 7.13. The van der Waals surface area contributed by atoms with Gasteiger partial charge in [-0.2, -0.15) is 0 Å². The minimum Gasteiger partial charge on any atom is -0.463 e. The number of urea groups is 1. The topological polar surface area (TPSA) is 118 Å². The Morgan fingerprint density at radius 1 is 1.17 bits per heavy atom. The Bertz CT molecular complexity index is 1040. The highest BCUT2D eigenvalue weighted by Crippen LogP contribution is 2.39. The summed E-state index contributed by atoms with van der Waals surface area (Å²) in [7, 11) is 0. The maximum atomic E-state index is 12.7. The van der Waals surface area contributed by atoms with Gasteiger partial charge < -0.3 is 19.5 Å². The van der Waals surface area contributed by atoms with E-state index in [9.17, 15) is 14.4 Å². The van der Waals surface area contributed by atoms with E-state index in [1.54, 1.807) is 30.5 Å². The van der Waals surface area contributed by atoms with Crippen molar-refractivity contribution in [1.82, 2.24) is 15.2 Å². The third kappa shape index (κ3) is 3.09. The standard InChI is InChI=1S/C20H18N4O5S/c25-14(11-24-17(26)20(23-19(24)27)7-1-2-8-20)21-18-22-15(12-5-3-9-28-12)16(30-18)13-6-4-10-29-13/h3-6,9-10H,1-2,7-8,11H2,(H,23,27)(H,21,22,25). The molecular formula is C20H18N4O5S. The molecule has 1 saturated carbocycles. The van der Waals surface area contributed by atoms with Crippen LogP contribution in [0.25, 0.3) is 22.1 Å². The maximum absolute atomic E-state index is 12.7. The van der Waals surface area contributed by atoms with Crippen LogP contribution in [0.5, 0.6) is 0 Å². The fourth-order valence-corrected chi connectivity index (χ4v) is 4.92. The van der Waals surface area contributed by atoms with Crippen LogP contribution in [0.4, 0.5) is 9.93 Å². The van der Waals surface area contributed by atoms with E-state index in [0.717, 1.165) is 17.7 Å². The summed E-state index contributed by atoms with van der Waals surface area (Å²) in [6.07, 6.45) is 6.08. The molecule has 1 spiro atoms. The zero-order valence-corrected chi connectivity index (χ0v) is 16.7. The van der Waals surface area contributed by atoms with Crippen LogP contribution in [0.2, 0.25) is 0 Å². The summed E-state index contributed by atoms with van der Waals surface area (Å²) in [5.74, 6) is 0.304. The van der Waals surface area contributed by atoms with Crippen molar-refractivity contribution in [3.63, 3.8) is 0 Å². The molecule has 2 aliphatic rings. The average Bonchev–Trinajstić information content (AvgIpc) is 3.53. The van der Waals surface area contributed by atoms with Crippen LogP contribution >= 0.6 is 11.3 Å². The van der Waals surface area contributed by atoms with Crippen molar-refractivity contribution in [3.8, 4) is 22.1 Å². The minimum absolute atomic E-state index is 0.320. The summed E-state index contributed by atoms with van der Waals surface area (Å²) in [5, 5.41) is 5.77. The molecule has 3 aromatic rings. The van der Waals surface area contributed by atoms with Crippen molar-refractivity contribution in [2.75, 3.05) is 11.9 Å². The molecule has 4 heterocycles. The highest BCUT2D eigenvalue weighted by Gasteiger charge is 2.52. The molecule has 154 valence electrons. The van der Waals surface area contributed by atoms with Crippen molar-refractivity contribution in [3.05, 3.63) is 36.8 Å². The smallest absolute Gasteiger partial charge is 0.325 e. The normalized spacial score (nSPS) is 17.7. The lowest BCUT2D eigenvalue weighted by molar-refractivity contribution is -0.133. The molecule has 1 aliphatic heterocycles. The number of aromatic nitrogens is 1. The van der Waals surface area contributed by atoms with Crippen LogP contribution in [0, 0.1) is 0 Å². The number of hydrogen-bond acceptors (Lipinski definition) is 7. The first-order chi connectivity index (χ1) is 14.6. The largest absolute Gasteiger partial charge is 0.463 e. The number of carbonyl (C=O) groups is 3. The van der Waals surface area contributed by atoms with Gasteiger partial charge >= 0.3 is 6.03 Å². The van der Waals surface area contributed by atoms with Crippen molar-refractivity contribution >= 4 is 34.3 Å². The van der Waals surface area contributed by atoms with Crippen molar-refractivity contribution in [1.29, 1.82) is 0 Å².